The Morgan fingerprint density at radius 1 is 1.07 bits per heavy atom. The molecule has 6 heteroatoms. The maximum atomic E-state index is 12.8. The summed E-state index contributed by atoms with van der Waals surface area (Å²) in [5.74, 6) is 0.834. The smallest absolute Gasteiger partial charge is 0.246 e. The van der Waals surface area contributed by atoms with Gasteiger partial charge in [0.05, 0.1) is 17.6 Å². The lowest BCUT2D eigenvalue weighted by Crippen LogP contribution is -2.24. The number of ketones is 1. The second-order valence-electron chi connectivity index (χ2n) is 7.38. The fraction of sp³-hybridized carbons (Fsp3) is 0.292. The molecule has 0 atom stereocenters. The maximum Gasteiger partial charge on any atom is 0.246 e. The van der Waals surface area contributed by atoms with Crippen LogP contribution in [0.1, 0.15) is 42.4 Å². The van der Waals surface area contributed by atoms with Crippen LogP contribution in [0.3, 0.4) is 0 Å². The van der Waals surface area contributed by atoms with Crippen molar-refractivity contribution in [2.24, 2.45) is 0 Å². The van der Waals surface area contributed by atoms with Crippen molar-refractivity contribution in [1.82, 2.24) is 14.9 Å². The second kappa shape index (κ2) is 10.2. The summed E-state index contributed by atoms with van der Waals surface area (Å²) in [5.41, 5.74) is 3.01. The molecule has 5 nitrogen and oxygen atoms in total. The number of rotatable bonds is 10. The first-order chi connectivity index (χ1) is 14.5. The molecule has 1 amide bonds. The van der Waals surface area contributed by atoms with Crippen LogP contribution in [0.4, 0.5) is 0 Å². The number of hydrogen-bond acceptors (Lipinski definition) is 3. The van der Waals surface area contributed by atoms with Crippen molar-refractivity contribution in [1.29, 1.82) is 0 Å². The molecule has 2 aromatic carbocycles. The highest BCUT2D eigenvalue weighted by Crippen LogP contribution is 2.19. The van der Waals surface area contributed by atoms with Gasteiger partial charge in [0, 0.05) is 29.1 Å². The minimum absolute atomic E-state index is 0.0265. The third kappa shape index (κ3) is 5.57. The quantitative estimate of drug-likeness (QED) is 0.284. The van der Waals surface area contributed by atoms with E-state index in [-0.39, 0.29) is 18.2 Å². The van der Waals surface area contributed by atoms with Crippen LogP contribution in [0, 0.1) is 0 Å². The van der Waals surface area contributed by atoms with Gasteiger partial charge in [-0.25, -0.2) is 4.98 Å². The molecule has 30 heavy (non-hydrogen) atoms. The number of carbonyl (C=O) groups excluding carboxylic acids is 2. The minimum atomic E-state index is -0.0995. The Morgan fingerprint density at radius 3 is 2.53 bits per heavy atom. The standard InChI is InChI=1S/C24H26ClN3O2/c1-17(2)24(30)26-15-7-3-4-10-23-27-20-8-5-6-9-21(20)28(23)16-22(29)18-11-13-19(25)14-12-18/h5-6,8-9,11-14H,1,3-4,7,10,15-16H2,2H3,(H,26,30). The van der Waals surface area contributed by atoms with Gasteiger partial charge in [-0.2, -0.15) is 0 Å². The highest BCUT2D eigenvalue weighted by Gasteiger charge is 2.14. The summed E-state index contributed by atoms with van der Waals surface area (Å²) in [4.78, 5) is 29.1. The van der Waals surface area contributed by atoms with Crippen molar-refractivity contribution >= 4 is 34.3 Å². The van der Waals surface area contributed by atoms with E-state index in [2.05, 4.69) is 11.9 Å². The normalized spacial score (nSPS) is 10.9. The van der Waals surface area contributed by atoms with Gasteiger partial charge in [-0.05, 0) is 56.2 Å². The number of nitrogens with zero attached hydrogens (tertiary/aromatic N) is 2. The number of halogens is 1. The second-order valence-corrected chi connectivity index (χ2v) is 7.82. The third-order valence-electron chi connectivity index (χ3n) is 4.95. The van der Waals surface area contributed by atoms with E-state index in [0.29, 0.717) is 22.7 Å². The summed E-state index contributed by atoms with van der Waals surface area (Å²) in [6.07, 6.45) is 3.56. The van der Waals surface area contributed by atoms with Gasteiger partial charge in [-0.1, -0.05) is 36.7 Å². The lowest BCUT2D eigenvalue weighted by molar-refractivity contribution is -0.117. The van der Waals surface area contributed by atoms with Crippen molar-refractivity contribution in [3.05, 3.63) is 77.1 Å². The number of nitrogens with one attached hydrogen (secondary N) is 1. The molecule has 0 unspecified atom stereocenters. The lowest BCUT2D eigenvalue weighted by Gasteiger charge is -2.09. The Balaban J connectivity index is 1.64. The Bertz CT molecular complexity index is 1050. The van der Waals surface area contributed by atoms with Gasteiger partial charge in [-0.15, -0.1) is 0 Å². The van der Waals surface area contributed by atoms with Crippen molar-refractivity contribution < 1.29 is 9.59 Å². The summed E-state index contributed by atoms with van der Waals surface area (Å²) in [7, 11) is 0. The largest absolute Gasteiger partial charge is 0.352 e. The summed E-state index contributed by atoms with van der Waals surface area (Å²) in [6.45, 7) is 6.21. The van der Waals surface area contributed by atoms with Gasteiger partial charge in [0.15, 0.2) is 5.78 Å². The minimum Gasteiger partial charge on any atom is -0.352 e. The van der Waals surface area contributed by atoms with E-state index in [4.69, 9.17) is 16.6 Å². The number of hydrogen-bond donors (Lipinski definition) is 1. The van der Waals surface area contributed by atoms with Crippen LogP contribution in [0.5, 0.6) is 0 Å². The first kappa shape index (κ1) is 21.8. The average Bonchev–Trinajstić information content (AvgIpc) is 3.08. The first-order valence-corrected chi connectivity index (χ1v) is 10.5. The molecule has 1 heterocycles. The summed E-state index contributed by atoms with van der Waals surface area (Å²) < 4.78 is 2.01. The molecule has 1 aromatic heterocycles. The summed E-state index contributed by atoms with van der Waals surface area (Å²) in [6, 6.07) is 14.8. The zero-order valence-corrected chi connectivity index (χ0v) is 17.9. The number of aryl methyl sites for hydroxylation is 1. The number of amides is 1. The molecule has 0 spiro atoms. The van der Waals surface area contributed by atoms with Crippen molar-refractivity contribution in [2.45, 2.75) is 39.2 Å². The van der Waals surface area contributed by atoms with Crippen molar-refractivity contribution in [3.63, 3.8) is 0 Å². The molecule has 3 rings (SSSR count). The van der Waals surface area contributed by atoms with E-state index in [0.717, 1.165) is 42.5 Å². The van der Waals surface area contributed by atoms with E-state index in [1.807, 2.05) is 28.8 Å². The number of imidazole rings is 1. The number of Topliss-reactive ketones (excluding diaryl/α,β-unsaturated/α-hetero) is 1. The van der Waals surface area contributed by atoms with Gasteiger partial charge < -0.3 is 9.88 Å². The van der Waals surface area contributed by atoms with Crippen molar-refractivity contribution in [2.75, 3.05) is 6.54 Å². The molecule has 156 valence electrons. The Morgan fingerprint density at radius 2 is 1.80 bits per heavy atom. The maximum absolute atomic E-state index is 12.8. The van der Waals surface area contributed by atoms with Gasteiger partial charge in [0.2, 0.25) is 5.91 Å². The number of fused-ring (bicyclic) bond motifs is 1. The predicted molar refractivity (Wildman–Crippen MR) is 121 cm³/mol. The highest BCUT2D eigenvalue weighted by molar-refractivity contribution is 6.30. The molecule has 3 aromatic rings. The molecule has 0 saturated heterocycles. The molecule has 0 fully saturated rings. The van der Waals surface area contributed by atoms with Crippen LogP contribution in [-0.4, -0.2) is 27.8 Å². The summed E-state index contributed by atoms with van der Waals surface area (Å²) in [5, 5.41) is 3.46. The van der Waals surface area contributed by atoms with Gasteiger partial charge in [-0.3, -0.25) is 9.59 Å². The lowest BCUT2D eigenvalue weighted by atomic mass is 10.1. The average molecular weight is 424 g/mol. The molecule has 0 aliphatic carbocycles. The number of carbonyl (C=O) groups is 2. The van der Waals surface area contributed by atoms with Crippen LogP contribution in [0.25, 0.3) is 11.0 Å². The molecule has 0 aliphatic heterocycles. The number of para-hydroxylation sites is 2. The predicted octanol–water partition coefficient (Wildman–Crippen LogP) is 4.98. The molecular weight excluding hydrogens is 398 g/mol. The molecular formula is C24H26ClN3O2. The van der Waals surface area contributed by atoms with Gasteiger partial charge in [0.1, 0.15) is 5.82 Å². The zero-order chi connectivity index (χ0) is 21.5. The first-order valence-electron chi connectivity index (χ1n) is 10.1. The molecule has 1 N–H and O–H groups in total. The van der Waals surface area contributed by atoms with Gasteiger partial charge >= 0.3 is 0 Å². The van der Waals surface area contributed by atoms with E-state index in [1.165, 1.54) is 0 Å². The Labute approximate surface area is 181 Å². The van der Waals surface area contributed by atoms with Crippen LogP contribution < -0.4 is 5.32 Å². The molecule has 0 saturated carbocycles. The third-order valence-corrected chi connectivity index (χ3v) is 5.20. The van der Waals surface area contributed by atoms with Crippen LogP contribution in [0.2, 0.25) is 5.02 Å². The number of unbranched alkanes of at least 4 members (excludes halogenated alkanes) is 2. The van der Waals surface area contributed by atoms with Crippen LogP contribution >= 0.6 is 11.6 Å². The zero-order valence-electron chi connectivity index (χ0n) is 17.2. The van der Waals surface area contributed by atoms with Gasteiger partial charge in [0.25, 0.3) is 0 Å². The fourth-order valence-corrected chi connectivity index (χ4v) is 3.43. The van der Waals surface area contributed by atoms with E-state index < -0.39 is 0 Å². The Hall–Kier alpha value is -2.92. The SMILES string of the molecule is C=C(C)C(=O)NCCCCCc1nc2ccccc2n1CC(=O)c1ccc(Cl)cc1. The topological polar surface area (TPSA) is 64.0 Å². The van der Waals surface area contributed by atoms with E-state index >= 15 is 0 Å². The van der Waals surface area contributed by atoms with E-state index in [1.54, 1.807) is 31.2 Å². The highest BCUT2D eigenvalue weighted by atomic mass is 35.5. The van der Waals surface area contributed by atoms with Crippen LogP contribution in [0.15, 0.2) is 60.7 Å². The molecule has 0 aliphatic rings. The summed E-state index contributed by atoms with van der Waals surface area (Å²) >= 11 is 5.93. The van der Waals surface area contributed by atoms with Crippen molar-refractivity contribution in [3.8, 4) is 0 Å². The molecule has 0 bridgehead atoms. The number of benzene rings is 2. The monoisotopic (exact) mass is 423 g/mol. The number of aromatic nitrogens is 2. The fourth-order valence-electron chi connectivity index (χ4n) is 3.30. The van der Waals surface area contributed by atoms with E-state index in [9.17, 15) is 9.59 Å². The molecule has 0 radical (unpaired) electrons. The Kier molecular flexibility index (Phi) is 7.41. The van der Waals surface area contributed by atoms with Crippen LogP contribution in [-0.2, 0) is 17.8 Å².